The molecule has 1 saturated heterocycles. The number of piperidine rings is 1. The van der Waals surface area contributed by atoms with Crippen molar-refractivity contribution in [3.63, 3.8) is 0 Å². The fourth-order valence-corrected chi connectivity index (χ4v) is 6.55. The number of H-pyrrole nitrogens is 1. The molecule has 6 rings (SSSR count). The van der Waals surface area contributed by atoms with Crippen molar-refractivity contribution in [2.75, 3.05) is 40.5 Å². The zero-order valence-corrected chi connectivity index (χ0v) is 22.2. The first-order valence-corrected chi connectivity index (χ1v) is 13.4. The molecule has 1 fully saturated rings. The minimum atomic E-state index is -0.105. The molecule has 2 aliphatic heterocycles. The number of hydrogen-bond acceptors (Lipinski definition) is 6. The molecule has 1 atom stereocenters. The second kappa shape index (κ2) is 10.4. The Kier molecular flexibility index (Phi) is 6.82. The number of likely N-dealkylation sites (tertiary alicyclic amines) is 1. The highest BCUT2D eigenvalue weighted by molar-refractivity contribution is 5.87. The summed E-state index contributed by atoms with van der Waals surface area (Å²) in [6.07, 6.45) is 3.98. The van der Waals surface area contributed by atoms with Crippen molar-refractivity contribution in [2.24, 2.45) is 0 Å². The lowest BCUT2D eigenvalue weighted by Gasteiger charge is -2.50. The van der Waals surface area contributed by atoms with Gasteiger partial charge in [0.2, 0.25) is 0 Å². The molecule has 1 spiro atoms. The number of aromatic nitrogens is 2. The zero-order valence-electron chi connectivity index (χ0n) is 22.2. The van der Waals surface area contributed by atoms with E-state index in [9.17, 15) is 5.11 Å². The smallest absolute Gasteiger partial charge is 0.120 e. The average molecular weight is 513 g/mol. The third kappa shape index (κ3) is 4.55. The number of aromatic amines is 1. The number of rotatable bonds is 7. The molecule has 38 heavy (non-hydrogen) atoms. The van der Waals surface area contributed by atoms with E-state index in [0.717, 1.165) is 74.0 Å². The Morgan fingerprint density at radius 2 is 1.79 bits per heavy atom. The summed E-state index contributed by atoms with van der Waals surface area (Å²) in [5, 5.41) is 11.9. The first-order valence-electron chi connectivity index (χ1n) is 13.4. The summed E-state index contributed by atoms with van der Waals surface area (Å²) in [7, 11) is 3.41. The maximum absolute atomic E-state index is 10.7. The van der Waals surface area contributed by atoms with E-state index in [0.29, 0.717) is 0 Å². The van der Waals surface area contributed by atoms with Gasteiger partial charge in [-0.3, -0.25) is 14.8 Å². The van der Waals surface area contributed by atoms with Gasteiger partial charge in [0.25, 0.3) is 0 Å². The fourth-order valence-electron chi connectivity index (χ4n) is 6.55. The lowest BCUT2D eigenvalue weighted by atomic mass is 9.68. The molecule has 2 aromatic heterocycles. The van der Waals surface area contributed by atoms with Crippen molar-refractivity contribution in [3.8, 4) is 11.5 Å². The van der Waals surface area contributed by atoms with E-state index < -0.39 is 0 Å². The van der Waals surface area contributed by atoms with Crippen LogP contribution in [0.4, 0.5) is 0 Å². The second-order valence-electron chi connectivity index (χ2n) is 10.7. The van der Waals surface area contributed by atoms with Gasteiger partial charge >= 0.3 is 0 Å². The third-order valence-electron chi connectivity index (χ3n) is 8.46. The molecule has 7 heteroatoms. The summed E-state index contributed by atoms with van der Waals surface area (Å²) in [5.41, 5.74) is 5.90. The first-order chi connectivity index (χ1) is 18.6. The number of aliphatic hydroxyl groups excluding tert-OH is 1. The lowest BCUT2D eigenvalue weighted by Crippen LogP contribution is -2.53. The number of hydrogen-bond donors (Lipinski definition) is 2. The lowest BCUT2D eigenvalue weighted by molar-refractivity contribution is 0.0417. The van der Waals surface area contributed by atoms with Gasteiger partial charge in [0.15, 0.2) is 0 Å². The van der Waals surface area contributed by atoms with Gasteiger partial charge in [-0.05, 0) is 73.5 Å². The number of nitrogens with one attached hydrogen (secondary N) is 1. The van der Waals surface area contributed by atoms with Crippen molar-refractivity contribution >= 4 is 10.9 Å². The van der Waals surface area contributed by atoms with E-state index in [-0.39, 0.29) is 18.1 Å². The fraction of sp³-hybridized carbons (Fsp3) is 0.387. The zero-order chi connectivity index (χ0) is 26.1. The quantitative estimate of drug-likeness (QED) is 0.375. The van der Waals surface area contributed by atoms with E-state index in [2.05, 4.69) is 62.2 Å². The van der Waals surface area contributed by atoms with Gasteiger partial charge < -0.3 is 19.6 Å². The maximum Gasteiger partial charge on any atom is 0.120 e. The minimum Gasteiger partial charge on any atom is -0.497 e. The highest BCUT2D eigenvalue weighted by atomic mass is 16.5. The van der Waals surface area contributed by atoms with E-state index in [4.69, 9.17) is 9.47 Å². The van der Waals surface area contributed by atoms with E-state index >= 15 is 0 Å². The van der Waals surface area contributed by atoms with Crippen LogP contribution in [0, 0.1) is 0 Å². The molecule has 0 bridgehead atoms. The summed E-state index contributed by atoms with van der Waals surface area (Å²) >= 11 is 0. The Morgan fingerprint density at radius 3 is 2.53 bits per heavy atom. The normalized spacial score (nSPS) is 19.5. The standard InChI is InChI=1S/C31H36N4O3/c1-37-24-8-5-6-22(16-24)18-35-21-31(11-14-34(15-12-31)19-23-7-3-4-13-32-23)29-26-10-9-25(38-2)17-27(26)33-30(29)28(35)20-36/h3-10,13,16-17,28,33,36H,11-12,14-15,18-21H2,1-2H3/t28-/m0/s1. The maximum atomic E-state index is 10.7. The Hall–Kier alpha value is -3.39. The van der Waals surface area contributed by atoms with Crippen LogP contribution in [-0.4, -0.2) is 65.3 Å². The minimum absolute atomic E-state index is 0.00662. The Balaban J connectivity index is 1.37. The molecule has 0 amide bonds. The van der Waals surface area contributed by atoms with Crippen molar-refractivity contribution in [1.29, 1.82) is 0 Å². The van der Waals surface area contributed by atoms with E-state index in [1.165, 1.54) is 16.5 Å². The van der Waals surface area contributed by atoms with Crippen LogP contribution < -0.4 is 9.47 Å². The van der Waals surface area contributed by atoms with Gasteiger partial charge in [0.1, 0.15) is 11.5 Å². The van der Waals surface area contributed by atoms with Gasteiger partial charge in [-0.15, -0.1) is 0 Å². The molecular weight excluding hydrogens is 476 g/mol. The van der Waals surface area contributed by atoms with Crippen LogP contribution in [0.2, 0.25) is 0 Å². The monoisotopic (exact) mass is 512 g/mol. The van der Waals surface area contributed by atoms with Crippen LogP contribution in [0.25, 0.3) is 10.9 Å². The van der Waals surface area contributed by atoms with E-state index in [1.54, 1.807) is 14.2 Å². The molecule has 0 unspecified atom stereocenters. The Labute approximate surface area is 224 Å². The molecule has 2 N–H and O–H groups in total. The highest BCUT2D eigenvalue weighted by Crippen LogP contribution is 2.49. The Bertz CT molecular complexity index is 1400. The average Bonchev–Trinajstić information content (AvgIpc) is 3.34. The molecule has 7 nitrogen and oxygen atoms in total. The van der Waals surface area contributed by atoms with Crippen LogP contribution in [0.5, 0.6) is 11.5 Å². The van der Waals surface area contributed by atoms with Crippen LogP contribution >= 0.6 is 0 Å². The van der Waals surface area contributed by atoms with Gasteiger partial charge in [-0.1, -0.05) is 18.2 Å². The number of benzene rings is 2. The van der Waals surface area contributed by atoms with Crippen LogP contribution in [0.15, 0.2) is 66.9 Å². The van der Waals surface area contributed by atoms with Crippen molar-refractivity contribution in [2.45, 2.75) is 37.4 Å². The van der Waals surface area contributed by atoms with Crippen molar-refractivity contribution in [1.82, 2.24) is 19.8 Å². The van der Waals surface area contributed by atoms with Crippen LogP contribution in [-0.2, 0) is 18.5 Å². The van der Waals surface area contributed by atoms with Crippen LogP contribution in [0.1, 0.15) is 41.4 Å². The first kappa shape index (κ1) is 24.9. The molecule has 198 valence electrons. The highest BCUT2D eigenvalue weighted by Gasteiger charge is 2.47. The molecule has 4 aromatic rings. The summed E-state index contributed by atoms with van der Waals surface area (Å²) < 4.78 is 11.0. The van der Waals surface area contributed by atoms with Gasteiger partial charge in [-0.2, -0.15) is 0 Å². The number of methoxy groups -OCH3 is 2. The number of nitrogens with zero attached hydrogens (tertiary/aromatic N) is 3. The molecule has 2 aliphatic rings. The molecule has 0 aliphatic carbocycles. The topological polar surface area (TPSA) is 73.9 Å². The van der Waals surface area contributed by atoms with Gasteiger partial charge in [0.05, 0.1) is 32.6 Å². The molecule has 2 aromatic carbocycles. The molecular formula is C31H36N4O3. The summed E-state index contributed by atoms with van der Waals surface area (Å²) in [5.74, 6) is 1.69. The number of fused-ring (bicyclic) bond motifs is 4. The summed E-state index contributed by atoms with van der Waals surface area (Å²) in [6.45, 7) is 4.61. The van der Waals surface area contributed by atoms with E-state index in [1.807, 2.05) is 24.4 Å². The predicted molar refractivity (Wildman–Crippen MR) is 149 cm³/mol. The SMILES string of the molecule is COc1cccc(CN2CC3(CCN(Cc4ccccn4)CC3)c3c([nH]c4cc(OC)ccc34)[C@@H]2CO)c1. The van der Waals surface area contributed by atoms with Crippen molar-refractivity contribution in [3.05, 3.63) is 89.4 Å². The summed E-state index contributed by atoms with van der Waals surface area (Å²) in [6, 6.07) is 20.6. The summed E-state index contributed by atoms with van der Waals surface area (Å²) in [4.78, 5) is 13.3. The molecule has 0 saturated carbocycles. The molecule has 4 heterocycles. The second-order valence-corrected chi connectivity index (χ2v) is 10.7. The predicted octanol–water partition coefficient (Wildman–Crippen LogP) is 4.66. The number of pyridine rings is 1. The number of aliphatic hydroxyl groups is 1. The largest absolute Gasteiger partial charge is 0.497 e. The van der Waals surface area contributed by atoms with Crippen molar-refractivity contribution < 1.29 is 14.6 Å². The van der Waals surface area contributed by atoms with Gasteiger partial charge in [-0.25, -0.2) is 0 Å². The molecule has 0 radical (unpaired) electrons. The van der Waals surface area contributed by atoms with Gasteiger partial charge in [0, 0.05) is 53.9 Å². The number of ether oxygens (including phenoxy) is 2. The van der Waals surface area contributed by atoms with Crippen LogP contribution in [0.3, 0.4) is 0 Å². The Morgan fingerprint density at radius 1 is 0.974 bits per heavy atom. The third-order valence-corrected chi connectivity index (χ3v) is 8.46.